The van der Waals surface area contributed by atoms with Crippen LogP contribution in [0.4, 0.5) is 0 Å². The third kappa shape index (κ3) is 3.82. The molecule has 1 aliphatic rings. The summed E-state index contributed by atoms with van der Waals surface area (Å²) in [5, 5.41) is 10.4. The highest BCUT2D eigenvalue weighted by Crippen LogP contribution is 2.25. The highest BCUT2D eigenvalue weighted by molar-refractivity contribution is 5.90. The fraction of sp³-hybridized carbons (Fsp3) is 0.286. The van der Waals surface area contributed by atoms with Gasteiger partial charge in [0, 0.05) is 43.3 Å². The number of aliphatic hydroxyl groups is 1. The lowest BCUT2D eigenvalue weighted by Gasteiger charge is -2.13. The fourth-order valence-corrected chi connectivity index (χ4v) is 2.88. The van der Waals surface area contributed by atoms with Gasteiger partial charge in [-0.05, 0) is 12.1 Å². The molecule has 7 heteroatoms. The van der Waals surface area contributed by atoms with Crippen molar-refractivity contribution < 1.29 is 24.2 Å². The van der Waals surface area contributed by atoms with E-state index in [-0.39, 0.29) is 12.1 Å². The summed E-state index contributed by atoms with van der Waals surface area (Å²) in [5.74, 6) is 5.06. The molecule has 2 heterocycles. The predicted molar refractivity (Wildman–Crippen MR) is 102 cm³/mol. The molecular weight excluding hydrogens is 360 g/mol. The van der Waals surface area contributed by atoms with Crippen LogP contribution in [-0.4, -0.2) is 60.3 Å². The molecule has 7 nitrogen and oxygen atoms in total. The van der Waals surface area contributed by atoms with Gasteiger partial charge in [-0.25, -0.2) is 9.78 Å². The van der Waals surface area contributed by atoms with Gasteiger partial charge in [0.15, 0.2) is 5.69 Å². The van der Waals surface area contributed by atoms with Crippen molar-refractivity contribution in [1.29, 1.82) is 0 Å². The maximum Gasteiger partial charge on any atom is 0.356 e. The molecule has 0 bridgehead atoms. The molecule has 1 saturated heterocycles. The number of aromatic nitrogens is 1. The average Bonchev–Trinajstić information content (AvgIpc) is 2.99. The number of carbonyl (C=O) groups is 2. The standard InChI is InChI=1S/C21H20N2O5/c1-23-10-9-21(26,20(23)25)8-7-14-5-4-6-15(11-14)17-12-16(27-2)13-18(22-17)19(24)28-3/h4-6,11-13,26H,9-10H2,1-3H3/t21-/m0/s1. The van der Waals surface area contributed by atoms with Crippen molar-refractivity contribution >= 4 is 11.9 Å². The summed E-state index contributed by atoms with van der Waals surface area (Å²) in [6.45, 7) is 0.466. The number of hydrogen-bond acceptors (Lipinski definition) is 6. The highest BCUT2D eigenvalue weighted by Gasteiger charge is 2.42. The summed E-state index contributed by atoms with van der Waals surface area (Å²) in [7, 11) is 4.42. The Morgan fingerprint density at radius 3 is 2.71 bits per heavy atom. The quantitative estimate of drug-likeness (QED) is 0.641. The molecule has 0 unspecified atom stereocenters. The molecule has 1 atom stereocenters. The van der Waals surface area contributed by atoms with Crippen molar-refractivity contribution in [2.45, 2.75) is 12.0 Å². The SMILES string of the molecule is COC(=O)c1cc(OC)cc(-c2cccc(C#C[C@]3(O)CCN(C)C3=O)c2)n1. The minimum atomic E-state index is -1.66. The van der Waals surface area contributed by atoms with Gasteiger partial charge < -0.3 is 19.5 Å². The topological polar surface area (TPSA) is 89.0 Å². The van der Waals surface area contributed by atoms with Gasteiger partial charge in [0.1, 0.15) is 5.75 Å². The van der Waals surface area contributed by atoms with Gasteiger partial charge in [-0.2, -0.15) is 0 Å². The number of pyridine rings is 1. The molecule has 1 aliphatic heterocycles. The molecule has 1 N–H and O–H groups in total. The summed E-state index contributed by atoms with van der Waals surface area (Å²) in [5.41, 5.74) is 0.299. The van der Waals surface area contributed by atoms with Crippen LogP contribution in [0.15, 0.2) is 36.4 Å². The lowest BCUT2D eigenvalue weighted by Crippen LogP contribution is -2.37. The number of carbonyl (C=O) groups excluding carboxylic acids is 2. The van der Waals surface area contributed by atoms with Gasteiger partial charge in [-0.1, -0.05) is 24.0 Å². The molecule has 0 aliphatic carbocycles. The first-order chi connectivity index (χ1) is 13.4. The van der Waals surface area contributed by atoms with Crippen molar-refractivity contribution in [2.24, 2.45) is 0 Å². The van der Waals surface area contributed by atoms with E-state index in [9.17, 15) is 14.7 Å². The van der Waals surface area contributed by atoms with Crippen molar-refractivity contribution in [3.63, 3.8) is 0 Å². The van der Waals surface area contributed by atoms with Gasteiger partial charge >= 0.3 is 5.97 Å². The molecule has 1 aromatic carbocycles. The van der Waals surface area contributed by atoms with E-state index in [1.807, 2.05) is 6.07 Å². The average molecular weight is 380 g/mol. The number of likely N-dealkylation sites (tertiary alicyclic amines) is 1. The zero-order chi connectivity index (χ0) is 20.3. The van der Waals surface area contributed by atoms with Gasteiger partial charge in [0.05, 0.1) is 19.9 Å². The van der Waals surface area contributed by atoms with E-state index < -0.39 is 17.5 Å². The number of benzene rings is 1. The highest BCUT2D eigenvalue weighted by atomic mass is 16.5. The lowest BCUT2D eigenvalue weighted by atomic mass is 10.0. The third-order valence-corrected chi connectivity index (χ3v) is 4.51. The second-order valence-corrected chi connectivity index (χ2v) is 6.44. The molecule has 1 fully saturated rings. The Balaban J connectivity index is 1.96. The second kappa shape index (κ2) is 7.71. The van der Waals surface area contributed by atoms with E-state index >= 15 is 0 Å². The predicted octanol–water partition coefficient (Wildman–Crippen LogP) is 1.49. The normalized spacial score (nSPS) is 18.4. The molecule has 144 valence electrons. The van der Waals surface area contributed by atoms with Crippen molar-refractivity contribution in [1.82, 2.24) is 9.88 Å². The van der Waals surface area contributed by atoms with E-state index in [1.165, 1.54) is 25.2 Å². The van der Waals surface area contributed by atoms with E-state index in [4.69, 9.17) is 9.47 Å². The Labute approximate surface area is 162 Å². The van der Waals surface area contributed by atoms with Crippen LogP contribution < -0.4 is 4.74 Å². The Morgan fingerprint density at radius 2 is 2.07 bits per heavy atom. The van der Waals surface area contributed by atoms with E-state index in [2.05, 4.69) is 16.8 Å². The summed E-state index contributed by atoms with van der Waals surface area (Å²) < 4.78 is 9.97. The smallest absolute Gasteiger partial charge is 0.356 e. The maximum absolute atomic E-state index is 12.0. The minimum absolute atomic E-state index is 0.127. The Hall–Kier alpha value is -3.37. The maximum atomic E-state index is 12.0. The Bertz CT molecular complexity index is 992. The monoisotopic (exact) mass is 380 g/mol. The van der Waals surface area contributed by atoms with Gasteiger partial charge in [0.2, 0.25) is 5.60 Å². The molecule has 0 spiro atoms. The van der Waals surface area contributed by atoms with Crippen LogP contribution in [0.3, 0.4) is 0 Å². The number of likely N-dealkylation sites (N-methyl/N-ethyl adjacent to an activating group) is 1. The molecule has 0 radical (unpaired) electrons. The van der Waals surface area contributed by atoms with Gasteiger partial charge in [-0.3, -0.25) is 4.79 Å². The number of nitrogens with zero attached hydrogens (tertiary/aromatic N) is 2. The number of ether oxygens (including phenoxy) is 2. The first-order valence-corrected chi connectivity index (χ1v) is 8.62. The largest absolute Gasteiger partial charge is 0.497 e. The Kier molecular flexibility index (Phi) is 5.34. The molecule has 1 amide bonds. The van der Waals surface area contributed by atoms with Crippen LogP contribution in [0.1, 0.15) is 22.5 Å². The van der Waals surface area contributed by atoms with E-state index in [0.29, 0.717) is 29.1 Å². The lowest BCUT2D eigenvalue weighted by molar-refractivity contribution is -0.137. The van der Waals surface area contributed by atoms with Crippen LogP contribution in [0.2, 0.25) is 0 Å². The summed E-state index contributed by atoms with van der Waals surface area (Å²) in [6.07, 6.45) is 0.273. The van der Waals surface area contributed by atoms with Crippen LogP contribution in [0.5, 0.6) is 5.75 Å². The van der Waals surface area contributed by atoms with Gasteiger partial charge in [-0.15, -0.1) is 0 Å². The summed E-state index contributed by atoms with van der Waals surface area (Å²) in [4.78, 5) is 29.7. The van der Waals surface area contributed by atoms with E-state index in [1.54, 1.807) is 31.3 Å². The number of hydrogen-bond donors (Lipinski definition) is 1. The van der Waals surface area contributed by atoms with Crippen LogP contribution in [0, 0.1) is 11.8 Å². The molecule has 28 heavy (non-hydrogen) atoms. The second-order valence-electron chi connectivity index (χ2n) is 6.44. The molecule has 3 rings (SSSR count). The summed E-state index contributed by atoms with van der Waals surface area (Å²) in [6, 6.07) is 10.3. The summed E-state index contributed by atoms with van der Waals surface area (Å²) >= 11 is 0. The number of rotatable bonds is 3. The minimum Gasteiger partial charge on any atom is -0.497 e. The van der Waals surface area contributed by atoms with Crippen molar-refractivity contribution in [3.05, 3.63) is 47.7 Å². The first-order valence-electron chi connectivity index (χ1n) is 8.62. The number of amides is 1. The first kappa shape index (κ1) is 19.4. The third-order valence-electron chi connectivity index (χ3n) is 4.51. The number of methoxy groups -OCH3 is 2. The molecule has 1 aromatic heterocycles. The van der Waals surface area contributed by atoms with Crippen molar-refractivity contribution in [2.75, 3.05) is 27.8 Å². The fourth-order valence-electron chi connectivity index (χ4n) is 2.88. The van der Waals surface area contributed by atoms with Gasteiger partial charge in [0.25, 0.3) is 5.91 Å². The zero-order valence-electron chi connectivity index (χ0n) is 15.9. The Morgan fingerprint density at radius 1 is 1.29 bits per heavy atom. The van der Waals surface area contributed by atoms with Crippen LogP contribution in [0.25, 0.3) is 11.3 Å². The molecule has 0 saturated carbocycles. The van der Waals surface area contributed by atoms with Crippen LogP contribution in [-0.2, 0) is 9.53 Å². The molecule has 2 aromatic rings. The van der Waals surface area contributed by atoms with E-state index in [0.717, 1.165) is 0 Å². The van der Waals surface area contributed by atoms with Crippen molar-refractivity contribution in [3.8, 4) is 28.8 Å². The zero-order valence-corrected chi connectivity index (χ0v) is 15.9. The number of esters is 1. The van der Waals surface area contributed by atoms with Crippen LogP contribution >= 0.6 is 0 Å². The molecular formula is C21H20N2O5.